The molecule has 0 spiro atoms. The molecule has 2 N–H and O–H groups in total. The van der Waals surface area contributed by atoms with E-state index in [1.54, 1.807) is 0 Å². The maximum atomic E-state index is 13.0. The minimum atomic E-state index is -0.866. The highest BCUT2D eigenvalue weighted by atomic mass is 19.1. The highest BCUT2D eigenvalue weighted by Gasteiger charge is 2.34. The van der Waals surface area contributed by atoms with Crippen LogP contribution in [0.15, 0.2) is 0 Å². The summed E-state index contributed by atoms with van der Waals surface area (Å²) in [7, 11) is 0. The van der Waals surface area contributed by atoms with Crippen molar-refractivity contribution in [1.82, 2.24) is 15.5 Å². The smallest absolute Gasteiger partial charge is 0.237 e. The van der Waals surface area contributed by atoms with Gasteiger partial charge in [-0.1, -0.05) is 0 Å². The molecule has 3 rings (SSSR count). The van der Waals surface area contributed by atoms with Gasteiger partial charge in [0.25, 0.3) is 0 Å². The van der Waals surface area contributed by atoms with Crippen LogP contribution in [-0.2, 0) is 4.79 Å². The van der Waals surface area contributed by atoms with Gasteiger partial charge in [0, 0.05) is 31.6 Å². The average Bonchev–Trinajstić information content (AvgIpc) is 3.12. The molecule has 102 valence electrons. The molecule has 5 heteroatoms. The van der Waals surface area contributed by atoms with Crippen molar-refractivity contribution in [3.8, 4) is 0 Å². The van der Waals surface area contributed by atoms with Gasteiger partial charge < -0.3 is 10.6 Å². The van der Waals surface area contributed by atoms with Gasteiger partial charge in [-0.15, -0.1) is 0 Å². The molecule has 0 aromatic carbocycles. The van der Waals surface area contributed by atoms with Crippen LogP contribution in [0.25, 0.3) is 0 Å². The first-order valence-electron chi connectivity index (χ1n) is 7.14. The number of piperidine rings is 1. The van der Waals surface area contributed by atoms with E-state index in [-0.39, 0.29) is 18.0 Å². The van der Waals surface area contributed by atoms with Gasteiger partial charge in [-0.2, -0.15) is 0 Å². The number of hydrogen-bond acceptors (Lipinski definition) is 3. The summed E-state index contributed by atoms with van der Waals surface area (Å²) in [5, 5.41) is 6.03. The van der Waals surface area contributed by atoms with Gasteiger partial charge in [0.1, 0.15) is 6.17 Å². The van der Waals surface area contributed by atoms with E-state index in [4.69, 9.17) is 0 Å². The molecule has 1 saturated carbocycles. The first-order chi connectivity index (χ1) is 8.72. The third-order valence-electron chi connectivity index (χ3n) is 4.26. The van der Waals surface area contributed by atoms with Gasteiger partial charge in [0.2, 0.25) is 5.91 Å². The number of likely N-dealkylation sites (tertiary alicyclic amines) is 1. The van der Waals surface area contributed by atoms with Crippen LogP contribution < -0.4 is 10.6 Å². The number of halogens is 1. The maximum absolute atomic E-state index is 13.0. The van der Waals surface area contributed by atoms with E-state index in [1.807, 2.05) is 0 Å². The Balaban J connectivity index is 1.47. The summed E-state index contributed by atoms with van der Waals surface area (Å²) in [5.74, 6) is -0.0159. The molecule has 0 aromatic heterocycles. The third-order valence-corrected chi connectivity index (χ3v) is 4.26. The number of alkyl halides is 1. The molecular formula is C13H22FN3O. The second-order valence-corrected chi connectivity index (χ2v) is 5.87. The molecule has 2 aliphatic heterocycles. The first kappa shape index (κ1) is 12.4. The number of nitrogens with one attached hydrogen (secondary N) is 2. The van der Waals surface area contributed by atoms with Crippen LogP contribution in [0, 0.1) is 0 Å². The van der Waals surface area contributed by atoms with Crippen LogP contribution in [0.2, 0.25) is 0 Å². The maximum Gasteiger partial charge on any atom is 0.237 e. The van der Waals surface area contributed by atoms with Gasteiger partial charge in [-0.25, -0.2) is 4.39 Å². The lowest BCUT2D eigenvalue weighted by atomic mass is 10.0. The minimum absolute atomic E-state index is 0.0159. The summed E-state index contributed by atoms with van der Waals surface area (Å²) in [5.41, 5.74) is 0. The molecule has 4 nitrogen and oxygen atoms in total. The fourth-order valence-corrected chi connectivity index (χ4v) is 3.09. The highest BCUT2D eigenvalue weighted by molar-refractivity contribution is 5.82. The van der Waals surface area contributed by atoms with Crippen LogP contribution in [0.5, 0.6) is 0 Å². The van der Waals surface area contributed by atoms with Crippen LogP contribution in [0.1, 0.15) is 32.1 Å². The molecule has 0 radical (unpaired) electrons. The zero-order valence-corrected chi connectivity index (χ0v) is 10.7. The molecule has 2 saturated heterocycles. The summed E-state index contributed by atoms with van der Waals surface area (Å²) in [6.07, 6.45) is 4.30. The van der Waals surface area contributed by atoms with Crippen LogP contribution in [0.4, 0.5) is 4.39 Å². The van der Waals surface area contributed by atoms with Gasteiger partial charge in [0.05, 0.1) is 6.04 Å². The molecule has 3 aliphatic rings. The number of carbonyl (C=O) groups excluding carboxylic acids is 1. The van der Waals surface area contributed by atoms with Crippen LogP contribution >= 0.6 is 0 Å². The Hall–Kier alpha value is -0.680. The van der Waals surface area contributed by atoms with E-state index in [1.165, 1.54) is 19.4 Å². The Labute approximate surface area is 107 Å². The standard InChI is InChI=1S/C13H22FN3O/c14-9-6-12(15-7-9)13(18)16-10-2-1-5-17(8-10)11-3-4-11/h9-12,15H,1-8H2,(H,16,18)/t9-,10-,12+/m1/s1. The second-order valence-electron chi connectivity index (χ2n) is 5.87. The predicted molar refractivity (Wildman–Crippen MR) is 67.1 cm³/mol. The first-order valence-corrected chi connectivity index (χ1v) is 7.14. The van der Waals surface area contributed by atoms with Gasteiger partial charge >= 0.3 is 0 Å². The summed E-state index contributed by atoms with van der Waals surface area (Å²) in [6, 6.07) is 0.702. The second kappa shape index (κ2) is 5.13. The number of rotatable bonds is 3. The molecule has 3 fully saturated rings. The van der Waals surface area contributed by atoms with Gasteiger partial charge in [-0.3, -0.25) is 9.69 Å². The molecule has 0 aromatic rings. The summed E-state index contributed by atoms with van der Waals surface area (Å²) >= 11 is 0. The van der Waals surface area contributed by atoms with E-state index in [2.05, 4.69) is 15.5 Å². The molecule has 0 unspecified atom stereocenters. The fourth-order valence-electron chi connectivity index (χ4n) is 3.09. The normalized spacial score (nSPS) is 37.7. The Kier molecular flexibility index (Phi) is 3.52. The number of nitrogens with zero attached hydrogens (tertiary/aromatic N) is 1. The number of hydrogen-bond donors (Lipinski definition) is 2. The molecular weight excluding hydrogens is 233 g/mol. The van der Waals surface area contributed by atoms with Crippen molar-refractivity contribution < 1.29 is 9.18 Å². The largest absolute Gasteiger partial charge is 0.351 e. The molecule has 2 heterocycles. The van der Waals surface area contributed by atoms with E-state index in [0.717, 1.165) is 25.4 Å². The van der Waals surface area contributed by atoms with E-state index >= 15 is 0 Å². The summed E-state index contributed by atoms with van der Waals surface area (Å²) in [6.45, 7) is 2.46. The predicted octanol–water partition coefficient (Wildman–Crippen LogP) is 0.429. The Morgan fingerprint density at radius 3 is 2.83 bits per heavy atom. The van der Waals surface area contributed by atoms with E-state index < -0.39 is 6.17 Å². The zero-order chi connectivity index (χ0) is 12.5. The van der Waals surface area contributed by atoms with Gasteiger partial charge in [0.15, 0.2) is 0 Å². The SMILES string of the molecule is O=C(N[C@@H]1CCCN(C2CC2)C1)[C@@H]1C[C@@H](F)CN1. The van der Waals surface area contributed by atoms with Crippen molar-refractivity contribution >= 4 is 5.91 Å². The molecule has 3 atom stereocenters. The number of amides is 1. The molecule has 1 amide bonds. The van der Waals surface area contributed by atoms with Crippen molar-refractivity contribution in [1.29, 1.82) is 0 Å². The van der Waals surface area contributed by atoms with Gasteiger partial charge in [-0.05, 0) is 32.2 Å². The summed E-state index contributed by atoms with van der Waals surface area (Å²) in [4.78, 5) is 14.5. The monoisotopic (exact) mass is 255 g/mol. The third kappa shape index (κ3) is 2.83. The van der Waals surface area contributed by atoms with Crippen molar-refractivity contribution in [3.63, 3.8) is 0 Å². The topological polar surface area (TPSA) is 44.4 Å². The highest BCUT2D eigenvalue weighted by Crippen LogP contribution is 2.29. The molecule has 18 heavy (non-hydrogen) atoms. The summed E-state index contributed by atoms with van der Waals surface area (Å²) < 4.78 is 13.0. The zero-order valence-electron chi connectivity index (χ0n) is 10.7. The van der Waals surface area contributed by atoms with Crippen LogP contribution in [-0.4, -0.2) is 54.7 Å². The minimum Gasteiger partial charge on any atom is -0.351 e. The average molecular weight is 255 g/mol. The number of carbonyl (C=O) groups is 1. The van der Waals surface area contributed by atoms with Crippen molar-refractivity contribution in [2.75, 3.05) is 19.6 Å². The lowest BCUT2D eigenvalue weighted by molar-refractivity contribution is -0.124. The van der Waals surface area contributed by atoms with Crippen LogP contribution in [0.3, 0.4) is 0 Å². The van der Waals surface area contributed by atoms with Crippen molar-refractivity contribution in [2.45, 2.75) is 56.4 Å². The Bertz CT molecular complexity index is 321. The fraction of sp³-hybridized carbons (Fsp3) is 0.923. The lowest BCUT2D eigenvalue weighted by Gasteiger charge is -2.33. The lowest BCUT2D eigenvalue weighted by Crippen LogP contribution is -2.52. The molecule has 0 bridgehead atoms. The quantitative estimate of drug-likeness (QED) is 0.768. The van der Waals surface area contributed by atoms with Crippen molar-refractivity contribution in [3.05, 3.63) is 0 Å². The Morgan fingerprint density at radius 2 is 2.17 bits per heavy atom. The Morgan fingerprint density at radius 1 is 1.33 bits per heavy atom. The molecule has 1 aliphatic carbocycles. The van der Waals surface area contributed by atoms with E-state index in [0.29, 0.717) is 13.0 Å². The van der Waals surface area contributed by atoms with Crippen molar-refractivity contribution in [2.24, 2.45) is 0 Å². The van der Waals surface area contributed by atoms with E-state index in [9.17, 15) is 9.18 Å².